The first kappa shape index (κ1) is 18.0. The summed E-state index contributed by atoms with van der Waals surface area (Å²) in [6, 6.07) is 14.0. The van der Waals surface area contributed by atoms with E-state index in [4.69, 9.17) is 0 Å². The summed E-state index contributed by atoms with van der Waals surface area (Å²) >= 11 is 0. The van der Waals surface area contributed by atoms with Crippen LogP contribution < -0.4 is 5.32 Å². The van der Waals surface area contributed by atoms with E-state index < -0.39 is 15.9 Å². The molecule has 1 heterocycles. The number of anilines is 1. The third-order valence-corrected chi connectivity index (χ3v) is 7.40. The van der Waals surface area contributed by atoms with Gasteiger partial charge < -0.3 is 10.2 Å². The van der Waals surface area contributed by atoms with Crippen LogP contribution in [-0.2, 0) is 21.1 Å². The van der Waals surface area contributed by atoms with Gasteiger partial charge in [0, 0.05) is 18.8 Å². The van der Waals surface area contributed by atoms with Gasteiger partial charge in [0.25, 0.3) is 0 Å². The Bertz CT molecular complexity index is 1000. The molecule has 2 aromatic carbocycles. The Kier molecular flexibility index (Phi) is 4.46. The normalized spacial score (nSPS) is 20.6. The van der Waals surface area contributed by atoms with E-state index in [2.05, 4.69) is 41.7 Å². The first-order chi connectivity index (χ1) is 12.8. The molecule has 1 fully saturated rings. The lowest BCUT2D eigenvalue weighted by Crippen LogP contribution is -2.45. The van der Waals surface area contributed by atoms with Gasteiger partial charge in [0.2, 0.25) is 5.91 Å². The predicted octanol–water partition coefficient (Wildman–Crippen LogP) is 2.70. The van der Waals surface area contributed by atoms with Crippen LogP contribution in [0.15, 0.2) is 42.5 Å². The van der Waals surface area contributed by atoms with Gasteiger partial charge in [-0.2, -0.15) is 0 Å². The first-order valence-corrected chi connectivity index (χ1v) is 11.1. The molecule has 142 valence electrons. The molecule has 0 saturated carbocycles. The minimum absolute atomic E-state index is 0.0685. The summed E-state index contributed by atoms with van der Waals surface area (Å²) < 4.78 is 23.4. The van der Waals surface area contributed by atoms with E-state index in [1.807, 2.05) is 13.0 Å². The third-order valence-electron chi connectivity index (χ3n) is 5.65. The molecule has 6 heteroatoms. The Labute approximate surface area is 160 Å². The number of nitrogens with one attached hydrogen (secondary N) is 1. The zero-order valence-electron chi connectivity index (χ0n) is 15.6. The fraction of sp³-hybridized carbons (Fsp3) is 0.381. The predicted molar refractivity (Wildman–Crippen MR) is 108 cm³/mol. The zero-order valence-corrected chi connectivity index (χ0v) is 16.4. The van der Waals surface area contributed by atoms with E-state index >= 15 is 0 Å². The molecule has 2 unspecified atom stereocenters. The highest BCUT2D eigenvalue weighted by Crippen LogP contribution is 2.37. The molecule has 1 N–H and O–H groups in total. The summed E-state index contributed by atoms with van der Waals surface area (Å²) in [5, 5.41) is 3.28. The number of fused-ring (bicyclic) bond motifs is 3. The lowest BCUT2D eigenvalue weighted by molar-refractivity contribution is -0.132. The molecule has 2 aliphatic rings. The van der Waals surface area contributed by atoms with E-state index in [0.29, 0.717) is 6.42 Å². The van der Waals surface area contributed by atoms with E-state index in [9.17, 15) is 13.2 Å². The summed E-state index contributed by atoms with van der Waals surface area (Å²) in [5.41, 5.74) is 6.04. The number of benzene rings is 2. The van der Waals surface area contributed by atoms with Crippen molar-refractivity contribution in [2.24, 2.45) is 0 Å². The SMILES string of the molecule is CC(Nc1ccc2c(c1)Cc1ccccc1-2)C(=O)N(C)C1CCS(=O)(=O)C1. The van der Waals surface area contributed by atoms with Crippen molar-refractivity contribution in [3.63, 3.8) is 0 Å². The minimum atomic E-state index is -3.01. The first-order valence-electron chi connectivity index (χ1n) is 9.29. The molecule has 27 heavy (non-hydrogen) atoms. The Balaban J connectivity index is 1.45. The fourth-order valence-corrected chi connectivity index (χ4v) is 5.89. The second-order valence-corrected chi connectivity index (χ2v) is 9.81. The van der Waals surface area contributed by atoms with Crippen LogP contribution >= 0.6 is 0 Å². The van der Waals surface area contributed by atoms with Crippen molar-refractivity contribution in [2.75, 3.05) is 23.9 Å². The molecule has 1 aliphatic carbocycles. The average molecular weight is 385 g/mol. The smallest absolute Gasteiger partial charge is 0.244 e. The lowest BCUT2D eigenvalue weighted by Gasteiger charge is -2.27. The number of rotatable bonds is 4. The highest BCUT2D eigenvalue weighted by molar-refractivity contribution is 7.91. The monoisotopic (exact) mass is 384 g/mol. The maximum Gasteiger partial charge on any atom is 0.244 e. The van der Waals surface area contributed by atoms with Crippen molar-refractivity contribution in [1.29, 1.82) is 0 Å². The van der Waals surface area contributed by atoms with E-state index in [0.717, 1.165) is 12.1 Å². The van der Waals surface area contributed by atoms with Crippen LogP contribution in [-0.4, -0.2) is 49.9 Å². The quantitative estimate of drug-likeness (QED) is 0.751. The van der Waals surface area contributed by atoms with Gasteiger partial charge in [-0.15, -0.1) is 0 Å². The van der Waals surface area contributed by atoms with Gasteiger partial charge in [0.05, 0.1) is 11.5 Å². The molecule has 1 saturated heterocycles. The van der Waals surface area contributed by atoms with Gasteiger partial charge in [-0.1, -0.05) is 30.3 Å². The van der Waals surface area contributed by atoms with Crippen molar-refractivity contribution >= 4 is 21.4 Å². The number of likely N-dealkylation sites (N-methyl/N-ethyl adjacent to an activating group) is 1. The number of carbonyl (C=O) groups excluding carboxylic acids is 1. The lowest BCUT2D eigenvalue weighted by atomic mass is 10.1. The van der Waals surface area contributed by atoms with E-state index in [1.54, 1.807) is 11.9 Å². The molecule has 1 aliphatic heterocycles. The van der Waals surface area contributed by atoms with Gasteiger partial charge >= 0.3 is 0 Å². The zero-order chi connectivity index (χ0) is 19.2. The van der Waals surface area contributed by atoms with Crippen molar-refractivity contribution in [1.82, 2.24) is 4.90 Å². The number of carbonyl (C=O) groups is 1. The van der Waals surface area contributed by atoms with Crippen LogP contribution in [0.5, 0.6) is 0 Å². The number of hydrogen-bond donors (Lipinski definition) is 1. The van der Waals surface area contributed by atoms with Crippen molar-refractivity contribution in [3.8, 4) is 11.1 Å². The third kappa shape index (κ3) is 3.46. The molecule has 2 atom stereocenters. The Morgan fingerprint density at radius 2 is 1.89 bits per heavy atom. The fourth-order valence-electron chi connectivity index (χ4n) is 4.11. The molecular weight excluding hydrogens is 360 g/mol. The summed E-state index contributed by atoms with van der Waals surface area (Å²) in [7, 11) is -1.31. The van der Waals surface area contributed by atoms with Crippen LogP contribution in [0.2, 0.25) is 0 Å². The Morgan fingerprint density at radius 1 is 1.15 bits per heavy atom. The molecule has 5 nitrogen and oxygen atoms in total. The maximum absolute atomic E-state index is 12.7. The van der Waals surface area contributed by atoms with Gasteiger partial charge in [-0.3, -0.25) is 4.79 Å². The van der Waals surface area contributed by atoms with Crippen LogP contribution in [0, 0.1) is 0 Å². The second-order valence-electron chi connectivity index (χ2n) is 7.58. The minimum Gasteiger partial charge on any atom is -0.374 e. The molecular formula is C21H24N2O3S. The molecule has 2 aromatic rings. The molecule has 1 amide bonds. The van der Waals surface area contributed by atoms with Gasteiger partial charge in [-0.25, -0.2) is 8.42 Å². The highest BCUT2D eigenvalue weighted by Gasteiger charge is 2.34. The topological polar surface area (TPSA) is 66.5 Å². The van der Waals surface area contributed by atoms with Crippen molar-refractivity contribution in [2.45, 2.75) is 31.8 Å². The summed E-state index contributed by atoms with van der Waals surface area (Å²) in [6.07, 6.45) is 1.43. The molecule has 4 rings (SSSR count). The maximum atomic E-state index is 12.7. The average Bonchev–Trinajstić information content (AvgIpc) is 3.19. The van der Waals surface area contributed by atoms with Crippen molar-refractivity contribution < 1.29 is 13.2 Å². The Morgan fingerprint density at radius 3 is 2.63 bits per heavy atom. The van der Waals surface area contributed by atoms with Crippen LogP contribution in [0.25, 0.3) is 11.1 Å². The second kappa shape index (κ2) is 6.68. The van der Waals surface area contributed by atoms with Gasteiger partial charge in [0.1, 0.15) is 6.04 Å². The van der Waals surface area contributed by atoms with Gasteiger partial charge in [-0.05, 0) is 54.2 Å². The number of amides is 1. The van der Waals surface area contributed by atoms with Crippen LogP contribution in [0.3, 0.4) is 0 Å². The molecule has 0 bridgehead atoms. The largest absolute Gasteiger partial charge is 0.374 e. The molecule has 0 aromatic heterocycles. The van der Waals surface area contributed by atoms with E-state index in [1.165, 1.54) is 22.3 Å². The standard InChI is InChI=1S/C21H24N2O3S/c1-14(21(24)23(2)18-9-10-27(25,26)13-18)22-17-7-8-20-16(12-17)11-15-5-3-4-6-19(15)20/h3-8,12,14,18,22H,9-11,13H2,1-2H3. The van der Waals surface area contributed by atoms with Crippen LogP contribution in [0.1, 0.15) is 24.5 Å². The van der Waals surface area contributed by atoms with Gasteiger partial charge in [0.15, 0.2) is 9.84 Å². The summed E-state index contributed by atoms with van der Waals surface area (Å²) in [6.45, 7) is 1.82. The number of sulfone groups is 1. The number of hydrogen-bond acceptors (Lipinski definition) is 4. The molecule has 0 spiro atoms. The van der Waals surface area contributed by atoms with Crippen molar-refractivity contribution in [3.05, 3.63) is 53.6 Å². The van der Waals surface area contributed by atoms with E-state index in [-0.39, 0.29) is 23.5 Å². The summed E-state index contributed by atoms with van der Waals surface area (Å²) in [5.74, 6) is 0.155. The molecule has 0 radical (unpaired) electrons. The van der Waals surface area contributed by atoms with Crippen LogP contribution in [0.4, 0.5) is 5.69 Å². The summed E-state index contributed by atoms with van der Waals surface area (Å²) in [4.78, 5) is 14.3. The Hall–Kier alpha value is -2.34. The number of nitrogens with zero attached hydrogens (tertiary/aromatic N) is 1. The highest BCUT2D eigenvalue weighted by atomic mass is 32.2.